The summed E-state index contributed by atoms with van der Waals surface area (Å²) in [6.07, 6.45) is 2.75. The minimum Gasteiger partial charge on any atom is -0.297 e. The second kappa shape index (κ2) is 2.34. The summed E-state index contributed by atoms with van der Waals surface area (Å²) in [5.41, 5.74) is 1.62. The van der Waals surface area contributed by atoms with Crippen LogP contribution in [-0.2, 0) is 12.8 Å². The van der Waals surface area contributed by atoms with Crippen molar-refractivity contribution < 1.29 is 0 Å². The maximum atomic E-state index is 11.2. The Bertz CT molecular complexity index is 345. The van der Waals surface area contributed by atoms with Crippen molar-refractivity contribution in [2.75, 3.05) is 0 Å². The summed E-state index contributed by atoms with van der Waals surface area (Å²) in [5.74, 6) is 0. The molecule has 0 fully saturated rings. The molecule has 1 aromatic heterocycles. The molecule has 0 radical (unpaired) electrons. The number of H-pyrrole nitrogens is 1. The molecule has 0 atom stereocenters. The highest BCUT2D eigenvalue weighted by Crippen LogP contribution is 2.16. The molecule has 0 aromatic carbocycles. The number of aromatic amines is 1. The largest absolute Gasteiger partial charge is 0.297 e. The lowest BCUT2D eigenvalue weighted by molar-refractivity contribution is 0.898. The first-order valence-electron chi connectivity index (χ1n) is 3.55. The van der Waals surface area contributed by atoms with E-state index in [1.807, 2.05) is 0 Å². The quantitative estimate of drug-likeness (QED) is 0.589. The van der Waals surface area contributed by atoms with Crippen molar-refractivity contribution in [3.8, 4) is 0 Å². The minimum atomic E-state index is -0.0718. The molecular weight excluding hydrogens is 164 g/mol. The molecule has 1 aliphatic carbocycles. The van der Waals surface area contributed by atoms with Crippen molar-refractivity contribution in [2.45, 2.75) is 19.3 Å². The van der Waals surface area contributed by atoms with E-state index in [0.717, 1.165) is 30.5 Å². The van der Waals surface area contributed by atoms with Gasteiger partial charge >= 0.3 is 0 Å². The predicted octanol–water partition coefficient (Wildman–Crippen LogP) is 0.912. The summed E-state index contributed by atoms with van der Waals surface area (Å²) >= 11 is 5.56. The smallest absolute Gasteiger partial charge is 0.255 e. The van der Waals surface area contributed by atoms with E-state index in [4.69, 9.17) is 11.6 Å². The number of rotatable bonds is 0. The van der Waals surface area contributed by atoms with Gasteiger partial charge in [0, 0.05) is 5.56 Å². The molecule has 3 nitrogen and oxygen atoms in total. The van der Waals surface area contributed by atoms with E-state index in [9.17, 15) is 4.79 Å². The Morgan fingerprint density at radius 1 is 1.45 bits per heavy atom. The number of nitrogens with one attached hydrogen (secondary N) is 1. The Labute approximate surface area is 68.4 Å². The van der Waals surface area contributed by atoms with Gasteiger partial charge in [0.05, 0.1) is 5.69 Å². The Balaban J connectivity index is 2.70. The molecule has 0 aliphatic heterocycles. The second-order valence-corrected chi connectivity index (χ2v) is 2.99. The molecule has 0 amide bonds. The monoisotopic (exact) mass is 170 g/mol. The molecule has 58 valence electrons. The predicted molar refractivity (Wildman–Crippen MR) is 41.9 cm³/mol. The van der Waals surface area contributed by atoms with Gasteiger partial charge in [-0.1, -0.05) is 0 Å². The molecule has 1 aromatic rings. The molecule has 0 saturated carbocycles. The van der Waals surface area contributed by atoms with Crippen LogP contribution in [0.2, 0.25) is 5.28 Å². The van der Waals surface area contributed by atoms with Gasteiger partial charge in [-0.2, -0.15) is 0 Å². The first-order valence-corrected chi connectivity index (χ1v) is 3.93. The van der Waals surface area contributed by atoms with Crippen LogP contribution in [0.25, 0.3) is 0 Å². The van der Waals surface area contributed by atoms with Gasteiger partial charge in [0.1, 0.15) is 0 Å². The van der Waals surface area contributed by atoms with Gasteiger partial charge in [-0.3, -0.25) is 9.78 Å². The fourth-order valence-electron chi connectivity index (χ4n) is 1.41. The number of hydrogen-bond donors (Lipinski definition) is 1. The van der Waals surface area contributed by atoms with E-state index in [2.05, 4.69) is 9.97 Å². The molecule has 0 saturated heterocycles. The van der Waals surface area contributed by atoms with Crippen LogP contribution in [0.15, 0.2) is 4.79 Å². The van der Waals surface area contributed by atoms with Crippen molar-refractivity contribution in [3.05, 3.63) is 26.9 Å². The lowest BCUT2D eigenvalue weighted by atomic mass is 10.3. The Morgan fingerprint density at radius 2 is 2.27 bits per heavy atom. The van der Waals surface area contributed by atoms with Gasteiger partial charge in [0.15, 0.2) is 0 Å². The fraction of sp³-hybridized carbons (Fsp3) is 0.429. The minimum absolute atomic E-state index is 0.0718. The zero-order chi connectivity index (χ0) is 7.84. The molecule has 4 heteroatoms. The first-order chi connectivity index (χ1) is 5.27. The second-order valence-electron chi connectivity index (χ2n) is 2.64. The van der Waals surface area contributed by atoms with Gasteiger partial charge in [0.2, 0.25) is 5.28 Å². The van der Waals surface area contributed by atoms with E-state index in [0.29, 0.717) is 0 Å². The van der Waals surface area contributed by atoms with Crippen molar-refractivity contribution in [2.24, 2.45) is 0 Å². The highest BCUT2D eigenvalue weighted by molar-refractivity contribution is 6.28. The van der Waals surface area contributed by atoms with Crippen molar-refractivity contribution >= 4 is 11.6 Å². The van der Waals surface area contributed by atoms with Crippen LogP contribution in [-0.4, -0.2) is 9.97 Å². The van der Waals surface area contributed by atoms with Crippen molar-refractivity contribution in [1.29, 1.82) is 0 Å². The summed E-state index contributed by atoms with van der Waals surface area (Å²) in [7, 11) is 0. The Morgan fingerprint density at radius 3 is 3.09 bits per heavy atom. The maximum Gasteiger partial charge on any atom is 0.255 e. The normalized spacial score (nSPS) is 15.0. The molecule has 0 bridgehead atoms. The zero-order valence-corrected chi connectivity index (χ0v) is 6.61. The van der Waals surface area contributed by atoms with E-state index in [1.54, 1.807) is 0 Å². The molecular formula is C7H7ClN2O. The number of aryl methyl sites for hydroxylation is 1. The van der Waals surface area contributed by atoms with Gasteiger partial charge < -0.3 is 0 Å². The van der Waals surface area contributed by atoms with Gasteiger partial charge in [0.25, 0.3) is 5.56 Å². The Kier molecular flexibility index (Phi) is 1.46. The molecule has 0 spiro atoms. The summed E-state index contributed by atoms with van der Waals surface area (Å²) in [6.45, 7) is 0. The zero-order valence-electron chi connectivity index (χ0n) is 5.85. The summed E-state index contributed by atoms with van der Waals surface area (Å²) in [5, 5.41) is 0.204. The van der Waals surface area contributed by atoms with Gasteiger partial charge in [-0.05, 0) is 30.9 Å². The molecule has 1 heterocycles. The molecule has 11 heavy (non-hydrogen) atoms. The third kappa shape index (κ3) is 1.05. The third-order valence-corrected chi connectivity index (χ3v) is 2.09. The SMILES string of the molecule is O=c1[nH]c(Cl)nc2c1CCC2. The topological polar surface area (TPSA) is 45.8 Å². The van der Waals surface area contributed by atoms with Crippen molar-refractivity contribution in [1.82, 2.24) is 9.97 Å². The highest BCUT2D eigenvalue weighted by Gasteiger charge is 2.15. The van der Waals surface area contributed by atoms with E-state index in [-0.39, 0.29) is 10.8 Å². The molecule has 1 N–H and O–H groups in total. The van der Waals surface area contributed by atoms with Gasteiger partial charge in [-0.15, -0.1) is 0 Å². The molecule has 0 unspecified atom stereocenters. The van der Waals surface area contributed by atoms with E-state index >= 15 is 0 Å². The summed E-state index contributed by atoms with van der Waals surface area (Å²) < 4.78 is 0. The number of halogens is 1. The number of aromatic nitrogens is 2. The number of hydrogen-bond acceptors (Lipinski definition) is 2. The number of nitrogens with zero attached hydrogens (tertiary/aromatic N) is 1. The van der Waals surface area contributed by atoms with Crippen LogP contribution >= 0.6 is 11.6 Å². The van der Waals surface area contributed by atoms with Crippen LogP contribution < -0.4 is 5.56 Å². The lowest BCUT2D eigenvalue weighted by Gasteiger charge is -1.95. The molecule has 1 aliphatic rings. The van der Waals surface area contributed by atoms with Crippen LogP contribution in [0.1, 0.15) is 17.7 Å². The standard InChI is InChI=1S/C7H7ClN2O/c8-7-9-5-3-1-2-4(5)6(11)10-7/h1-3H2,(H,9,10,11). The van der Waals surface area contributed by atoms with Crippen LogP contribution in [0, 0.1) is 0 Å². The highest BCUT2D eigenvalue weighted by atomic mass is 35.5. The maximum absolute atomic E-state index is 11.2. The lowest BCUT2D eigenvalue weighted by Crippen LogP contribution is -2.13. The summed E-state index contributed by atoms with van der Waals surface area (Å²) in [4.78, 5) is 17.6. The first kappa shape index (κ1) is 6.85. The third-order valence-electron chi connectivity index (χ3n) is 1.91. The average molecular weight is 171 g/mol. The van der Waals surface area contributed by atoms with Crippen LogP contribution in [0.3, 0.4) is 0 Å². The molecule has 2 rings (SSSR count). The van der Waals surface area contributed by atoms with Crippen LogP contribution in [0.5, 0.6) is 0 Å². The van der Waals surface area contributed by atoms with E-state index in [1.165, 1.54) is 0 Å². The average Bonchev–Trinajstić information content (AvgIpc) is 2.34. The van der Waals surface area contributed by atoms with E-state index < -0.39 is 0 Å². The fourth-order valence-corrected chi connectivity index (χ4v) is 1.60. The number of fused-ring (bicyclic) bond motifs is 1. The summed E-state index contributed by atoms with van der Waals surface area (Å²) in [6, 6.07) is 0. The Hall–Kier alpha value is -0.830. The van der Waals surface area contributed by atoms with Crippen LogP contribution in [0.4, 0.5) is 0 Å². The van der Waals surface area contributed by atoms with Crippen molar-refractivity contribution in [3.63, 3.8) is 0 Å². The van der Waals surface area contributed by atoms with Gasteiger partial charge in [-0.25, -0.2) is 4.98 Å².